The van der Waals surface area contributed by atoms with Crippen molar-refractivity contribution in [3.05, 3.63) is 6.33 Å². The molecule has 0 radical (unpaired) electrons. The lowest BCUT2D eigenvalue weighted by Gasteiger charge is -2.25. The summed E-state index contributed by atoms with van der Waals surface area (Å²) in [5.41, 5.74) is 11.5. The third kappa shape index (κ3) is 8.51. The summed E-state index contributed by atoms with van der Waals surface area (Å²) in [5.74, 6) is -0.507. The molecule has 0 aliphatic carbocycles. The number of carbonyl (C=O) groups excluding carboxylic acids is 2. The van der Waals surface area contributed by atoms with Crippen LogP contribution in [0.2, 0.25) is 0 Å². The zero-order chi connectivity index (χ0) is 30.7. The summed E-state index contributed by atoms with van der Waals surface area (Å²) in [6, 6.07) is -1.07. The van der Waals surface area contributed by atoms with Gasteiger partial charge in [-0.3, -0.25) is 23.2 Å². The van der Waals surface area contributed by atoms with Crippen molar-refractivity contribution >= 4 is 65.1 Å². The number of aliphatic hydroxyl groups excluding tert-OH is 1. The predicted molar refractivity (Wildman–Crippen MR) is 154 cm³/mol. The lowest BCUT2D eigenvalue weighted by Crippen LogP contribution is -2.37. The van der Waals surface area contributed by atoms with E-state index in [0.717, 1.165) is 11.8 Å². The van der Waals surface area contributed by atoms with Crippen molar-refractivity contribution in [3.63, 3.8) is 0 Å². The number of halogens is 1. The topological polar surface area (TPSA) is 216 Å². The average Bonchev–Trinajstić information content (AvgIpc) is 3.40. The van der Waals surface area contributed by atoms with Crippen LogP contribution in [0.3, 0.4) is 0 Å². The maximum atomic E-state index is 13.7. The number of aliphatic hydroxyl groups is 1. The van der Waals surface area contributed by atoms with E-state index in [1.807, 2.05) is 0 Å². The van der Waals surface area contributed by atoms with E-state index in [1.165, 1.54) is 17.8 Å². The molecule has 2 aromatic rings. The summed E-state index contributed by atoms with van der Waals surface area (Å²) in [5, 5.41) is 12.3. The van der Waals surface area contributed by atoms with Gasteiger partial charge in [-0.25, -0.2) is 14.6 Å². The van der Waals surface area contributed by atoms with Crippen LogP contribution < -0.4 is 16.6 Å². The second kappa shape index (κ2) is 13.5. The molecule has 0 spiro atoms. The van der Waals surface area contributed by atoms with Crippen LogP contribution in [0.5, 0.6) is 0 Å². The van der Waals surface area contributed by atoms with Crippen LogP contribution in [0, 0.1) is 5.41 Å². The minimum Gasteiger partial charge on any atom is -0.462 e. The first-order chi connectivity index (χ1) is 19.0. The Morgan fingerprint density at radius 3 is 2.59 bits per heavy atom. The molecule has 41 heavy (non-hydrogen) atoms. The van der Waals surface area contributed by atoms with E-state index in [2.05, 4.69) is 20.0 Å². The zero-order valence-corrected chi connectivity index (χ0v) is 26.1. The molecular formula is C23H37ClN7O8PS. The maximum Gasteiger partial charge on any atom is 0.406 e. The Kier molecular flexibility index (Phi) is 11.0. The number of alkyl halides is 1. The van der Waals surface area contributed by atoms with Gasteiger partial charge in [0.25, 0.3) is 0 Å². The number of fused-ring (bicyclic) bond motifs is 1. The van der Waals surface area contributed by atoms with E-state index in [0.29, 0.717) is 0 Å². The molecule has 1 aliphatic rings. The highest BCUT2D eigenvalue weighted by Crippen LogP contribution is 2.46. The van der Waals surface area contributed by atoms with Crippen LogP contribution in [-0.2, 0) is 32.7 Å². The molecule has 2 aromatic heterocycles. The van der Waals surface area contributed by atoms with Crippen LogP contribution in [0.1, 0.15) is 47.8 Å². The quantitative estimate of drug-likeness (QED) is 0.114. The van der Waals surface area contributed by atoms with Gasteiger partial charge >= 0.3 is 13.7 Å². The molecule has 1 saturated heterocycles. The number of aromatic nitrogens is 4. The van der Waals surface area contributed by atoms with Crippen molar-refractivity contribution < 1.29 is 37.8 Å². The summed E-state index contributed by atoms with van der Waals surface area (Å²) in [4.78, 5) is 36.8. The summed E-state index contributed by atoms with van der Waals surface area (Å²) in [6.07, 6.45) is -2.33. The third-order valence-corrected chi connectivity index (χ3v) is 9.12. The number of imidazole rings is 1. The lowest BCUT2D eigenvalue weighted by atomic mass is 10.00. The average molecular weight is 638 g/mol. The fourth-order valence-electron chi connectivity index (χ4n) is 3.62. The Bertz CT molecular complexity index is 1290. The fraction of sp³-hybridized carbons (Fsp3) is 0.696. The van der Waals surface area contributed by atoms with Gasteiger partial charge in [-0.1, -0.05) is 32.5 Å². The molecule has 1 fully saturated rings. The van der Waals surface area contributed by atoms with Crippen LogP contribution in [0.4, 0.5) is 11.8 Å². The second-order valence-corrected chi connectivity index (χ2v) is 14.0. The van der Waals surface area contributed by atoms with E-state index in [4.69, 9.17) is 41.6 Å². The number of carbonyl (C=O) groups is 2. The molecular weight excluding hydrogens is 601 g/mol. The molecule has 18 heteroatoms. The van der Waals surface area contributed by atoms with Crippen LogP contribution in [0.25, 0.3) is 11.2 Å². The predicted octanol–water partition coefficient (Wildman–Crippen LogP) is 2.23. The van der Waals surface area contributed by atoms with Crippen molar-refractivity contribution in [3.8, 4) is 0 Å². The highest BCUT2D eigenvalue weighted by atomic mass is 35.5. The Morgan fingerprint density at radius 2 is 1.95 bits per heavy atom. The maximum absolute atomic E-state index is 13.7. The van der Waals surface area contributed by atoms with Gasteiger partial charge in [-0.15, -0.1) is 11.6 Å². The van der Waals surface area contributed by atoms with Crippen LogP contribution in [-0.4, -0.2) is 84.4 Å². The number of ether oxygens (including phenoxy) is 2. The number of nitrogens with zero attached hydrogens (tertiary/aromatic N) is 4. The molecule has 3 rings (SSSR count). The molecule has 3 heterocycles. The fourth-order valence-corrected chi connectivity index (χ4v) is 6.35. The standard InChI is InChI=1S/C23H37ClN7O8PS/c1-11(2)38-20(33)12(3)30-40(35,36-7-8-41-21(34)23(4,5)6)37-9-13-16(32)14(24)19(39-13)31-10-27-15-17(25)28-22(26)29-18(15)31/h10-14,16,19,32H,7-9H2,1-6H3,(H,30,35)(H4,25,26,28,29)/t12-,13+,14-,16+,19+,40-/m0/s1. The van der Waals surface area contributed by atoms with Gasteiger partial charge in [0.1, 0.15) is 29.1 Å². The lowest BCUT2D eigenvalue weighted by molar-refractivity contribution is -0.149. The van der Waals surface area contributed by atoms with Gasteiger partial charge < -0.3 is 26.0 Å². The number of rotatable bonds is 12. The number of esters is 1. The van der Waals surface area contributed by atoms with Crippen LogP contribution in [0.15, 0.2) is 6.33 Å². The zero-order valence-electron chi connectivity index (χ0n) is 23.6. The SMILES string of the molecule is CC(C)OC(=O)[C@H](C)N[P@](=O)(OCCSC(=O)C(C)(C)C)OC[C@H]1O[C@@H](n2cnc3c(N)nc(N)nc32)[C@@H](Cl)[C@@H]1O. The molecule has 15 nitrogen and oxygen atoms in total. The Balaban J connectivity index is 1.72. The molecule has 6 N–H and O–H groups in total. The third-order valence-electron chi connectivity index (χ3n) is 5.69. The first-order valence-corrected chi connectivity index (χ1v) is 15.8. The minimum absolute atomic E-state index is 0.0624. The number of thioether (sulfide) groups is 1. The van der Waals surface area contributed by atoms with Gasteiger partial charge in [0.05, 0.1) is 25.6 Å². The highest BCUT2D eigenvalue weighted by molar-refractivity contribution is 8.13. The summed E-state index contributed by atoms with van der Waals surface area (Å²) >= 11 is 7.52. The second-order valence-electron chi connectivity index (χ2n) is 10.6. The monoisotopic (exact) mass is 637 g/mol. The Morgan fingerprint density at radius 1 is 1.27 bits per heavy atom. The van der Waals surface area contributed by atoms with Crippen molar-refractivity contribution in [1.29, 1.82) is 0 Å². The number of nitrogen functional groups attached to an aromatic ring is 2. The first kappa shape index (κ1) is 33.5. The van der Waals surface area contributed by atoms with E-state index < -0.39 is 61.7 Å². The molecule has 6 atom stereocenters. The Labute approximate surface area is 247 Å². The van der Waals surface area contributed by atoms with Crippen molar-refractivity contribution in [2.75, 3.05) is 30.4 Å². The van der Waals surface area contributed by atoms with E-state index in [9.17, 15) is 19.3 Å². The van der Waals surface area contributed by atoms with E-state index in [-0.39, 0.29) is 40.4 Å². The Hall–Kier alpha value is -2.04. The minimum atomic E-state index is -4.19. The van der Waals surface area contributed by atoms with Gasteiger partial charge in [0, 0.05) is 11.2 Å². The molecule has 0 aromatic carbocycles. The highest BCUT2D eigenvalue weighted by Gasteiger charge is 2.46. The van der Waals surface area contributed by atoms with Crippen molar-refractivity contribution in [1.82, 2.24) is 24.6 Å². The normalized spacial score (nSPS) is 23.5. The molecule has 0 unspecified atom stereocenters. The smallest absolute Gasteiger partial charge is 0.406 e. The number of hydrogen-bond acceptors (Lipinski definition) is 14. The molecule has 230 valence electrons. The number of hydrogen-bond donors (Lipinski definition) is 4. The first-order valence-electron chi connectivity index (χ1n) is 12.8. The number of nitrogens with two attached hydrogens (primary N) is 2. The molecule has 0 amide bonds. The van der Waals surface area contributed by atoms with Gasteiger partial charge in [-0.2, -0.15) is 9.97 Å². The van der Waals surface area contributed by atoms with Crippen LogP contribution >= 0.6 is 31.1 Å². The summed E-state index contributed by atoms with van der Waals surface area (Å²) in [7, 11) is -4.19. The van der Waals surface area contributed by atoms with Gasteiger partial charge in [0.2, 0.25) is 5.95 Å². The number of anilines is 2. The van der Waals surface area contributed by atoms with E-state index in [1.54, 1.807) is 34.6 Å². The van der Waals surface area contributed by atoms with Gasteiger partial charge in [0.15, 0.2) is 22.8 Å². The molecule has 0 bridgehead atoms. The summed E-state index contributed by atoms with van der Waals surface area (Å²) < 4.78 is 37.4. The molecule has 0 saturated carbocycles. The number of nitrogens with one attached hydrogen (secondary N) is 1. The van der Waals surface area contributed by atoms with Gasteiger partial charge in [-0.05, 0) is 20.8 Å². The van der Waals surface area contributed by atoms with Crippen molar-refractivity contribution in [2.24, 2.45) is 5.41 Å². The van der Waals surface area contributed by atoms with Crippen molar-refractivity contribution in [2.45, 2.75) is 77.5 Å². The van der Waals surface area contributed by atoms with E-state index >= 15 is 0 Å². The molecule has 1 aliphatic heterocycles. The largest absolute Gasteiger partial charge is 0.462 e. The summed E-state index contributed by atoms with van der Waals surface area (Å²) in [6.45, 7) is 9.58.